The van der Waals surface area contributed by atoms with Crippen molar-refractivity contribution in [2.75, 3.05) is 13.1 Å². The van der Waals surface area contributed by atoms with Crippen LogP contribution in [-0.4, -0.2) is 18.0 Å². The fourth-order valence-corrected chi connectivity index (χ4v) is 2.35. The SMILES string of the molecule is CC(C)(C)CN(Cc1ccccc1)CC(C)(C)C. The van der Waals surface area contributed by atoms with E-state index in [0.29, 0.717) is 10.8 Å². The van der Waals surface area contributed by atoms with Gasteiger partial charge in [-0.15, -0.1) is 0 Å². The standard InChI is InChI=1S/C17H29N/c1-16(2,3)13-18(14-17(4,5)6)12-15-10-8-7-9-11-15/h7-11H,12-14H2,1-6H3. The van der Waals surface area contributed by atoms with E-state index in [2.05, 4.69) is 76.8 Å². The maximum Gasteiger partial charge on any atom is 0.0234 e. The van der Waals surface area contributed by atoms with Crippen molar-refractivity contribution in [1.29, 1.82) is 0 Å². The van der Waals surface area contributed by atoms with Gasteiger partial charge in [-0.1, -0.05) is 71.9 Å². The zero-order chi connectivity index (χ0) is 13.8. The van der Waals surface area contributed by atoms with Crippen molar-refractivity contribution < 1.29 is 0 Å². The first kappa shape index (κ1) is 15.2. The summed E-state index contributed by atoms with van der Waals surface area (Å²) in [5.41, 5.74) is 2.10. The zero-order valence-electron chi connectivity index (χ0n) is 13.0. The van der Waals surface area contributed by atoms with Crippen LogP contribution in [0.4, 0.5) is 0 Å². The molecule has 0 unspecified atom stereocenters. The lowest BCUT2D eigenvalue weighted by Gasteiger charge is -2.34. The molecule has 0 radical (unpaired) electrons. The number of hydrogen-bond acceptors (Lipinski definition) is 1. The summed E-state index contributed by atoms with van der Waals surface area (Å²) in [6, 6.07) is 10.8. The van der Waals surface area contributed by atoms with Crippen LogP contribution in [0.25, 0.3) is 0 Å². The summed E-state index contributed by atoms with van der Waals surface area (Å²) in [7, 11) is 0. The summed E-state index contributed by atoms with van der Waals surface area (Å²) in [5.74, 6) is 0. The molecule has 0 bridgehead atoms. The van der Waals surface area contributed by atoms with Crippen LogP contribution in [0.5, 0.6) is 0 Å². The third-order valence-electron chi connectivity index (χ3n) is 2.64. The maximum atomic E-state index is 2.58. The topological polar surface area (TPSA) is 3.24 Å². The van der Waals surface area contributed by atoms with Crippen molar-refractivity contribution in [3.05, 3.63) is 35.9 Å². The van der Waals surface area contributed by atoms with Gasteiger partial charge in [-0.05, 0) is 16.4 Å². The van der Waals surface area contributed by atoms with Gasteiger partial charge in [0.15, 0.2) is 0 Å². The summed E-state index contributed by atoms with van der Waals surface area (Å²) in [5, 5.41) is 0. The minimum absolute atomic E-state index is 0.347. The molecule has 0 heterocycles. The van der Waals surface area contributed by atoms with E-state index in [9.17, 15) is 0 Å². The van der Waals surface area contributed by atoms with Gasteiger partial charge in [-0.3, -0.25) is 4.90 Å². The molecule has 1 aromatic rings. The van der Waals surface area contributed by atoms with Crippen molar-refractivity contribution in [1.82, 2.24) is 4.90 Å². The van der Waals surface area contributed by atoms with Crippen molar-refractivity contribution in [3.63, 3.8) is 0 Å². The monoisotopic (exact) mass is 247 g/mol. The van der Waals surface area contributed by atoms with Crippen molar-refractivity contribution in [2.45, 2.75) is 48.1 Å². The van der Waals surface area contributed by atoms with Crippen molar-refractivity contribution >= 4 is 0 Å². The van der Waals surface area contributed by atoms with Gasteiger partial charge in [0.2, 0.25) is 0 Å². The van der Waals surface area contributed by atoms with E-state index in [1.807, 2.05) is 0 Å². The highest BCUT2D eigenvalue weighted by atomic mass is 15.1. The molecule has 0 saturated carbocycles. The number of hydrogen-bond donors (Lipinski definition) is 0. The summed E-state index contributed by atoms with van der Waals surface area (Å²) in [6.07, 6.45) is 0. The molecule has 18 heavy (non-hydrogen) atoms. The maximum absolute atomic E-state index is 2.58. The number of rotatable bonds is 4. The minimum atomic E-state index is 0.347. The van der Waals surface area contributed by atoms with E-state index in [4.69, 9.17) is 0 Å². The number of benzene rings is 1. The molecule has 102 valence electrons. The fraction of sp³-hybridized carbons (Fsp3) is 0.647. The Morgan fingerprint density at radius 2 is 1.22 bits per heavy atom. The molecule has 0 saturated heterocycles. The molecule has 0 aromatic heterocycles. The summed E-state index contributed by atoms with van der Waals surface area (Å²) >= 11 is 0. The average molecular weight is 247 g/mol. The van der Waals surface area contributed by atoms with E-state index in [0.717, 1.165) is 19.6 Å². The lowest BCUT2D eigenvalue weighted by atomic mass is 9.92. The largest absolute Gasteiger partial charge is 0.298 e. The van der Waals surface area contributed by atoms with Crippen LogP contribution in [0.15, 0.2) is 30.3 Å². The third-order valence-corrected chi connectivity index (χ3v) is 2.64. The minimum Gasteiger partial charge on any atom is -0.298 e. The third kappa shape index (κ3) is 6.80. The van der Waals surface area contributed by atoms with Crippen LogP contribution < -0.4 is 0 Å². The second-order valence-electron chi connectivity index (χ2n) is 7.75. The molecule has 1 rings (SSSR count). The molecule has 0 N–H and O–H groups in total. The van der Waals surface area contributed by atoms with E-state index < -0.39 is 0 Å². The highest BCUT2D eigenvalue weighted by Gasteiger charge is 2.21. The van der Waals surface area contributed by atoms with Gasteiger partial charge in [0.1, 0.15) is 0 Å². The molecular formula is C17H29N. The van der Waals surface area contributed by atoms with Crippen LogP contribution in [0, 0.1) is 10.8 Å². The van der Waals surface area contributed by atoms with Gasteiger partial charge in [-0.25, -0.2) is 0 Å². The summed E-state index contributed by atoms with van der Waals surface area (Å²) in [4.78, 5) is 2.58. The Labute approximate surface area is 113 Å². The first-order valence-electron chi connectivity index (χ1n) is 6.92. The highest BCUT2D eigenvalue weighted by Crippen LogP contribution is 2.22. The van der Waals surface area contributed by atoms with Crippen LogP contribution in [-0.2, 0) is 6.54 Å². The summed E-state index contributed by atoms with van der Waals surface area (Å²) < 4.78 is 0. The van der Waals surface area contributed by atoms with Gasteiger partial charge in [0.25, 0.3) is 0 Å². The summed E-state index contributed by atoms with van der Waals surface area (Å²) in [6.45, 7) is 17.2. The first-order valence-corrected chi connectivity index (χ1v) is 6.92. The van der Waals surface area contributed by atoms with Gasteiger partial charge >= 0.3 is 0 Å². The van der Waals surface area contributed by atoms with Crippen LogP contribution >= 0.6 is 0 Å². The molecule has 0 amide bonds. The molecule has 0 spiro atoms. The molecule has 0 fully saturated rings. The Balaban J connectivity index is 2.72. The second-order valence-corrected chi connectivity index (χ2v) is 7.75. The molecule has 1 heteroatoms. The molecule has 0 aliphatic rings. The molecule has 0 atom stereocenters. The Hall–Kier alpha value is -0.820. The molecule has 1 aromatic carbocycles. The van der Waals surface area contributed by atoms with Gasteiger partial charge < -0.3 is 0 Å². The quantitative estimate of drug-likeness (QED) is 0.752. The highest BCUT2D eigenvalue weighted by molar-refractivity contribution is 5.14. The average Bonchev–Trinajstić information content (AvgIpc) is 2.13. The van der Waals surface area contributed by atoms with Gasteiger partial charge in [0.05, 0.1) is 0 Å². The first-order chi connectivity index (χ1) is 8.16. The molecular weight excluding hydrogens is 218 g/mol. The van der Waals surface area contributed by atoms with E-state index in [-0.39, 0.29) is 0 Å². The van der Waals surface area contributed by atoms with E-state index in [1.54, 1.807) is 0 Å². The Kier molecular flexibility index (Phi) is 4.98. The van der Waals surface area contributed by atoms with Gasteiger partial charge in [-0.2, -0.15) is 0 Å². The van der Waals surface area contributed by atoms with Crippen molar-refractivity contribution in [2.24, 2.45) is 10.8 Å². The molecule has 0 aliphatic carbocycles. The Morgan fingerprint density at radius 1 is 0.778 bits per heavy atom. The fourth-order valence-electron chi connectivity index (χ4n) is 2.35. The van der Waals surface area contributed by atoms with E-state index >= 15 is 0 Å². The van der Waals surface area contributed by atoms with E-state index in [1.165, 1.54) is 5.56 Å². The van der Waals surface area contributed by atoms with Crippen LogP contribution in [0.3, 0.4) is 0 Å². The normalized spacial score (nSPS) is 13.1. The predicted octanol–water partition coefficient (Wildman–Crippen LogP) is 4.58. The smallest absolute Gasteiger partial charge is 0.0234 e. The van der Waals surface area contributed by atoms with Crippen LogP contribution in [0.2, 0.25) is 0 Å². The number of nitrogens with zero attached hydrogens (tertiary/aromatic N) is 1. The lowest BCUT2D eigenvalue weighted by molar-refractivity contribution is 0.134. The Morgan fingerprint density at radius 3 is 1.61 bits per heavy atom. The Bertz CT molecular complexity index is 324. The molecule has 0 aliphatic heterocycles. The predicted molar refractivity (Wildman–Crippen MR) is 80.6 cm³/mol. The molecule has 1 nitrogen and oxygen atoms in total. The van der Waals surface area contributed by atoms with Crippen molar-refractivity contribution in [3.8, 4) is 0 Å². The lowest BCUT2D eigenvalue weighted by Crippen LogP contribution is -2.38. The van der Waals surface area contributed by atoms with Gasteiger partial charge in [0, 0.05) is 19.6 Å². The second kappa shape index (κ2) is 5.88. The zero-order valence-corrected chi connectivity index (χ0v) is 13.0. The van der Waals surface area contributed by atoms with Crippen LogP contribution in [0.1, 0.15) is 47.1 Å².